The number of ether oxygens (including phenoxy) is 3. The van der Waals surface area contributed by atoms with Crippen molar-refractivity contribution in [1.82, 2.24) is 10.2 Å². The molecule has 134 valence electrons. The van der Waals surface area contributed by atoms with E-state index in [9.17, 15) is 4.79 Å². The summed E-state index contributed by atoms with van der Waals surface area (Å²) in [4.78, 5) is 13.4. The van der Waals surface area contributed by atoms with Gasteiger partial charge in [-0.2, -0.15) is 0 Å². The number of nitrogens with one attached hydrogen (secondary N) is 1. The van der Waals surface area contributed by atoms with Crippen molar-refractivity contribution in [2.24, 2.45) is 0 Å². The molecule has 1 atom stereocenters. The molecular formula is C17H26N2O5. The third-order valence-corrected chi connectivity index (χ3v) is 4.00. The van der Waals surface area contributed by atoms with Crippen LogP contribution < -0.4 is 19.5 Å². The number of carbonyl (C=O) groups is 1. The van der Waals surface area contributed by atoms with E-state index in [1.807, 2.05) is 12.1 Å². The number of aliphatic carboxylic acids is 1. The van der Waals surface area contributed by atoms with Crippen LogP contribution in [0.4, 0.5) is 0 Å². The van der Waals surface area contributed by atoms with Gasteiger partial charge in [-0.25, -0.2) is 4.79 Å². The molecule has 2 N–H and O–H groups in total. The molecule has 2 rings (SSSR count). The van der Waals surface area contributed by atoms with Gasteiger partial charge in [-0.1, -0.05) is 0 Å². The molecular weight excluding hydrogens is 312 g/mol. The van der Waals surface area contributed by atoms with Gasteiger partial charge in [0.15, 0.2) is 17.6 Å². The Labute approximate surface area is 142 Å². The fourth-order valence-corrected chi connectivity index (χ4v) is 2.69. The molecule has 0 radical (unpaired) electrons. The molecule has 7 heteroatoms. The number of carboxylic acid groups (broad SMARTS) is 1. The van der Waals surface area contributed by atoms with Gasteiger partial charge in [-0.15, -0.1) is 0 Å². The van der Waals surface area contributed by atoms with Crippen LogP contribution in [0.25, 0.3) is 0 Å². The van der Waals surface area contributed by atoms with Gasteiger partial charge in [0.1, 0.15) is 0 Å². The maximum absolute atomic E-state index is 11.0. The van der Waals surface area contributed by atoms with Crippen LogP contribution in [0.2, 0.25) is 0 Å². The number of nitrogens with zero attached hydrogens (tertiary/aromatic N) is 1. The number of methoxy groups -OCH3 is 2. The highest BCUT2D eigenvalue weighted by atomic mass is 16.6. The molecule has 0 aromatic heterocycles. The Balaban J connectivity index is 2.22. The van der Waals surface area contributed by atoms with Crippen LogP contribution in [0.1, 0.15) is 18.9 Å². The van der Waals surface area contributed by atoms with E-state index in [0.29, 0.717) is 17.2 Å². The van der Waals surface area contributed by atoms with Gasteiger partial charge < -0.3 is 24.6 Å². The van der Waals surface area contributed by atoms with E-state index in [1.54, 1.807) is 0 Å². The predicted octanol–water partition coefficient (Wildman–Crippen LogP) is 1.35. The van der Waals surface area contributed by atoms with Crippen molar-refractivity contribution in [3.05, 3.63) is 17.7 Å². The second kappa shape index (κ2) is 8.75. The average molecular weight is 338 g/mol. The Morgan fingerprint density at radius 3 is 2.50 bits per heavy atom. The first-order valence-electron chi connectivity index (χ1n) is 8.12. The van der Waals surface area contributed by atoms with E-state index < -0.39 is 12.1 Å². The van der Waals surface area contributed by atoms with Crippen molar-refractivity contribution in [1.29, 1.82) is 0 Å². The summed E-state index contributed by atoms with van der Waals surface area (Å²) in [6.45, 7) is 6.29. The second-order valence-corrected chi connectivity index (χ2v) is 5.81. The molecule has 1 aliphatic heterocycles. The molecule has 0 saturated carbocycles. The Hall–Kier alpha value is -1.99. The zero-order valence-corrected chi connectivity index (χ0v) is 14.5. The molecule has 0 unspecified atom stereocenters. The third-order valence-electron chi connectivity index (χ3n) is 4.00. The molecule has 1 heterocycles. The smallest absolute Gasteiger partial charge is 0.344 e. The SMILES string of the molecule is COc1cc(CN2CCCNCC2)cc(OC)c1O[C@@H](C)C(=O)O. The first kappa shape index (κ1) is 18.4. The fourth-order valence-electron chi connectivity index (χ4n) is 2.69. The number of benzene rings is 1. The molecule has 1 fully saturated rings. The van der Waals surface area contributed by atoms with E-state index in [-0.39, 0.29) is 0 Å². The molecule has 0 amide bonds. The quantitative estimate of drug-likeness (QED) is 0.777. The summed E-state index contributed by atoms with van der Waals surface area (Å²) in [6, 6.07) is 3.76. The molecule has 1 aliphatic rings. The van der Waals surface area contributed by atoms with Crippen molar-refractivity contribution in [2.45, 2.75) is 26.0 Å². The van der Waals surface area contributed by atoms with Crippen LogP contribution >= 0.6 is 0 Å². The lowest BCUT2D eigenvalue weighted by molar-refractivity contribution is -0.144. The minimum Gasteiger partial charge on any atom is -0.493 e. The minimum atomic E-state index is -1.04. The molecule has 1 saturated heterocycles. The van der Waals surface area contributed by atoms with Crippen molar-refractivity contribution in [2.75, 3.05) is 40.4 Å². The summed E-state index contributed by atoms with van der Waals surface area (Å²) in [6.07, 6.45) is 0.126. The van der Waals surface area contributed by atoms with Gasteiger partial charge in [0.05, 0.1) is 14.2 Å². The van der Waals surface area contributed by atoms with E-state index >= 15 is 0 Å². The number of rotatable bonds is 7. The molecule has 0 spiro atoms. The third kappa shape index (κ3) is 4.75. The normalized spacial score (nSPS) is 17.0. The average Bonchev–Trinajstić information content (AvgIpc) is 2.84. The van der Waals surface area contributed by atoms with Gasteiger partial charge in [0.2, 0.25) is 5.75 Å². The maximum Gasteiger partial charge on any atom is 0.344 e. The van der Waals surface area contributed by atoms with E-state index in [4.69, 9.17) is 19.3 Å². The molecule has 0 aliphatic carbocycles. The summed E-state index contributed by atoms with van der Waals surface area (Å²) in [5.41, 5.74) is 1.04. The van der Waals surface area contributed by atoms with E-state index in [0.717, 1.165) is 44.7 Å². The summed E-state index contributed by atoms with van der Waals surface area (Å²) in [5, 5.41) is 12.4. The highest BCUT2D eigenvalue weighted by molar-refractivity contribution is 5.72. The zero-order chi connectivity index (χ0) is 17.5. The Morgan fingerprint density at radius 1 is 1.25 bits per heavy atom. The number of carboxylic acids is 1. The van der Waals surface area contributed by atoms with Crippen molar-refractivity contribution < 1.29 is 24.1 Å². The topological polar surface area (TPSA) is 80.3 Å². The molecule has 1 aromatic rings. The van der Waals surface area contributed by atoms with Gasteiger partial charge >= 0.3 is 5.97 Å². The largest absolute Gasteiger partial charge is 0.493 e. The number of hydrogen-bond donors (Lipinski definition) is 2. The molecule has 1 aromatic carbocycles. The highest BCUT2D eigenvalue weighted by Crippen LogP contribution is 2.39. The van der Waals surface area contributed by atoms with Crippen molar-refractivity contribution >= 4 is 5.97 Å². The van der Waals surface area contributed by atoms with E-state index in [1.165, 1.54) is 21.1 Å². The van der Waals surface area contributed by atoms with Crippen molar-refractivity contribution in [3.63, 3.8) is 0 Å². The monoisotopic (exact) mass is 338 g/mol. The molecule has 24 heavy (non-hydrogen) atoms. The van der Waals surface area contributed by atoms with Crippen LogP contribution in [0.5, 0.6) is 17.2 Å². The maximum atomic E-state index is 11.0. The number of hydrogen-bond acceptors (Lipinski definition) is 6. The summed E-state index contributed by atoms with van der Waals surface area (Å²) < 4.78 is 16.3. The molecule has 0 bridgehead atoms. The van der Waals surface area contributed by atoms with Gasteiger partial charge in [-0.3, -0.25) is 4.90 Å². The first-order chi connectivity index (χ1) is 11.5. The van der Waals surface area contributed by atoms with Gasteiger partial charge in [0, 0.05) is 19.6 Å². The van der Waals surface area contributed by atoms with Crippen LogP contribution in [-0.2, 0) is 11.3 Å². The van der Waals surface area contributed by atoms with Gasteiger partial charge in [-0.05, 0) is 44.1 Å². The lowest BCUT2D eigenvalue weighted by Crippen LogP contribution is -2.27. The second-order valence-electron chi connectivity index (χ2n) is 5.81. The Kier molecular flexibility index (Phi) is 6.69. The standard InChI is InChI=1S/C17H26N2O5/c1-12(17(20)21)24-16-14(22-2)9-13(10-15(16)23-3)11-19-7-4-5-18-6-8-19/h9-10,12,18H,4-8,11H2,1-3H3,(H,20,21)/t12-/m0/s1. The first-order valence-corrected chi connectivity index (χ1v) is 8.12. The van der Waals surface area contributed by atoms with Crippen LogP contribution in [-0.4, -0.2) is 62.5 Å². The Bertz CT molecular complexity index is 531. The van der Waals surface area contributed by atoms with E-state index in [2.05, 4.69) is 10.2 Å². The lowest BCUT2D eigenvalue weighted by Gasteiger charge is -2.22. The van der Waals surface area contributed by atoms with Crippen LogP contribution in [0, 0.1) is 0 Å². The van der Waals surface area contributed by atoms with Crippen molar-refractivity contribution in [3.8, 4) is 17.2 Å². The summed E-state index contributed by atoms with van der Waals surface area (Å²) >= 11 is 0. The lowest BCUT2D eigenvalue weighted by atomic mass is 10.1. The van der Waals surface area contributed by atoms with Gasteiger partial charge in [0.25, 0.3) is 0 Å². The summed E-state index contributed by atoms with van der Waals surface area (Å²) in [5.74, 6) is 0.229. The van der Waals surface area contributed by atoms with Crippen LogP contribution in [0.15, 0.2) is 12.1 Å². The molecule has 7 nitrogen and oxygen atoms in total. The Morgan fingerprint density at radius 2 is 1.92 bits per heavy atom. The fraction of sp³-hybridized carbons (Fsp3) is 0.588. The minimum absolute atomic E-state index is 0.316. The van der Waals surface area contributed by atoms with Crippen LogP contribution in [0.3, 0.4) is 0 Å². The highest BCUT2D eigenvalue weighted by Gasteiger charge is 2.21. The predicted molar refractivity (Wildman–Crippen MR) is 90.0 cm³/mol. The summed E-state index contributed by atoms with van der Waals surface area (Å²) in [7, 11) is 3.07. The zero-order valence-electron chi connectivity index (χ0n) is 14.5.